The first-order chi connectivity index (χ1) is 8.11. The van der Waals surface area contributed by atoms with Gasteiger partial charge in [0.15, 0.2) is 0 Å². The van der Waals surface area contributed by atoms with E-state index in [2.05, 4.69) is 24.9 Å². The second kappa shape index (κ2) is 4.84. The molecule has 0 spiro atoms. The summed E-state index contributed by atoms with van der Waals surface area (Å²) in [7, 11) is 0. The van der Waals surface area contributed by atoms with Crippen LogP contribution in [0.2, 0.25) is 0 Å². The molecule has 1 aromatic heterocycles. The van der Waals surface area contributed by atoms with E-state index < -0.39 is 6.61 Å². The van der Waals surface area contributed by atoms with Gasteiger partial charge in [-0.2, -0.15) is 0 Å². The lowest BCUT2D eigenvalue weighted by Gasteiger charge is -2.28. The van der Waals surface area contributed by atoms with Crippen molar-refractivity contribution in [3.05, 3.63) is 29.1 Å². The van der Waals surface area contributed by atoms with Crippen molar-refractivity contribution in [3.8, 4) is 0 Å². The fourth-order valence-electron chi connectivity index (χ4n) is 2.07. The van der Waals surface area contributed by atoms with Crippen molar-refractivity contribution in [2.24, 2.45) is 0 Å². The summed E-state index contributed by atoms with van der Waals surface area (Å²) < 4.78 is 0. The molecular formula is C13H18N2O2. The molecule has 0 bridgehead atoms. The number of aliphatic hydroxyl groups is 1. The van der Waals surface area contributed by atoms with E-state index in [1.807, 2.05) is 6.07 Å². The molecule has 0 atom stereocenters. The van der Waals surface area contributed by atoms with Crippen LogP contribution in [0.15, 0.2) is 12.1 Å². The maximum absolute atomic E-state index is 11.4. The average Bonchev–Trinajstić information content (AvgIpc) is 2.36. The van der Waals surface area contributed by atoms with Crippen LogP contribution in [0.3, 0.4) is 0 Å². The number of carbonyl (C=O) groups is 1. The van der Waals surface area contributed by atoms with E-state index in [0.29, 0.717) is 19.0 Å². The fraction of sp³-hybridized carbons (Fsp3) is 0.538. The molecule has 1 amide bonds. The minimum absolute atomic E-state index is 0.205. The first kappa shape index (κ1) is 12.0. The summed E-state index contributed by atoms with van der Waals surface area (Å²) in [6.07, 6.45) is 0.779. The van der Waals surface area contributed by atoms with Gasteiger partial charge in [-0.05, 0) is 17.5 Å². The maximum Gasteiger partial charge on any atom is 0.248 e. The number of nitrogens with zero attached hydrogens (tertiary/aromatic N) is 2. The molecule has 2 heterocycles. The number of fused-ring (bicyclic) bond motifs is 1. The van der Waals surface area contributed by atoms with Crippen LogP contribution in [-0.2, 0) is 17.8 Å². The lowest BCUT2D eigenvalue weighted by Crippen LogP contribution is -2.38. The summed E-state index contributed by atoms with van der Waals surface area (Å²) in [4.78, 5) is 17.7. The normalized spacial score (nSPS) is 14.9. The Bertz CT molecular complexity index is 429. The monoisotopic (exact) mass is 234 g/mol. The fourth-order valence-corrected chi connectivity index (χ4v) is 2.07. The van der Waals surface area contributed by atoms with Crippen LogP contribution in [0.25, 0.3) is 0 Å². The number of pyridine rings is 1. The van der Waals surface area contributed by atoms with Gasteiger partial charge >= 0.3 is 0 Å². The molecule has 0 saturated heterocycles. The van der Waals surface area contributed by atoms with Crippen molar-refractivity contribution in [3.63, 3.8) is 0 Å². The summed E-state index contributed by atoms with van der Waals surface area (Å²) >= 11 is 0. The van der Waals surface area contributed by atoms with Gasteiger partial charge in [-0.1, -0.05) is 19.9 Å². The third-order valence-electron chi connectivity index (χ3n) is 3.15. The highest BCUT2D eigenvalue weighted by Gasteiger charge is 2.21. The molecule has 92 valence electrons. The molecule has 4 heteroatoms. The van der Waals surface area contributed by atoms with Crippen molar-refractivity contribution in [2.75, 3.05) is 13.2 Å². The third kappa shape index (κ3) is 2.47. The van der Waals surface area contributed by atoms with E-state index in [1.165, 1.54) is 0 Å². The average molecular weight is 234 g/mol. The number of amides is 1. The Hall–Kier alpha value is -1.42. The predicted octanol–water partition coefficient (Wildman–Crippen LogP) is 1.08. The Labute approximate surface area is 101 Å². The standard InChI is InChI=1S/C13H18N2O2/c1-9(2)11-4-3-10-7-15(13(17)8-16)6-5-12(10)14-11/h3-4,9,16H,5-8H2,1-2H3. The molecule has 1 aliphatic rings. The number of aliphatic hydroxyl groups excluding tert-OH is 1. The minimum Gasteiger partial charge on any atom is -0.387 e. The summed E-state index contributed by atoms with van der Waals surface area (Å²) in [5, 5.41) is 8.85. The van der Waals surface area contributed by atoms with Gasteiger partial charge in [0.05, 0.1) is 0 Å². The van der Waals surface area contributed by atoms with Crippen LogP contribution in [-0.4, -0.2) is 34.0 Å². The van der Waals surface area contributed by atoms with E-state index in [9.17, 15) is 4.79 Å². The maximum atomic E-state index is 11.4. The summed E-state index contributed by atoms with van der Waals surface area (Å²) in [5.41, 5.74) is 3.30. The number of carbonyl (C=O) groups excluding carboxylic acids is 1. The van der Waals surface area contributed by atoms with Gasteiger partial charge in [0.2, 0.25) is 5.91 Å². The van der Waals surface area contributed by atoms with Crippen molar-refractivity contribution < 1.29 is 9.90 Å². The Kier molecular flexibility index (Phi) is 3.43. The molecule has 0 radical (unpaired) electrons. The largest absolute Gasteiger partial charge is 0.387 e. The number of hydrogen-bond donors (Lipinski definition) is 1. The quantitative estimate of drug-likeness (QED) is 0.833. The topological polar surface area (TPSA) is 53.4 Å². The van der Waals surface area contributed by atoms with Crippen LogP contribution < -0.4 is 0 Å². The van der Waals surface area contributed by atoms with Crippen molar-refractivity contribution >= 4 is 5.91 Å². The Morgan fingerprint density at radius 3 is 2.94 bits per heavy atom. The van der Waals surface area contributed by atoms with E-state index in [-0.39, 0.29) is 5.91 Å². The molecule has 1 aliphatic heterocycles. The van der Waals surface area contributed by atoms with Crippen LogP contribution >= 0.6 is 0 Å². The first-order valence-electron chi connectivity index (χ1n) is 5.99. The minimum atomic E-state index is -0.410. The van der Waals surface area contributed by atoms with Crippen LogP contribution in [0, 0.1) is 0 Å². The van der Waals surface area contributed by atoms with Gasteiger partial charge < -0.3 is 10.0 Å². The highest BCUT2D eigenvalue weighted by molar-refractivity contribution is 5.77. The zero-order valence-electron chi connectivity index (χ0n) is 10.3. The lowest BCUT2D eigenvalue weighted by molar-refractivity contribution is -0.135. The highest BCUT2D eigenvalue weighted by Crippen LogP contribution is 2.20. The van der Waals surface area contributed by atoms with E-state index >= 15 is 0 Å². The van der Waals surface area contributed by atoms with Gasteiger partial charge in [-0.3, -0.25) is 9.78 Å². The van der Waals surface area contributed by atoms with Crippen LogP contribution in [0.1, 0.15) is 36.7 Å². The molecule has 17 heavy (non-hydrogen) atoms. The highest BCUT2D eigenvalue weighted by atomic mass is 16.3. The Morgan fingerprint density at radius 2 is 2.29 bits per heavy atom. The predicted molar refractivity (Wildman–Crippen MR) is 64.5 cm³/mol. The Morgan fingerprint density at radius 1 is 1.53 bits per heavy atom. The molecule has 0 saturated carbocycles. The molecule has 4 nitrogen and oxygen atoms in total. The van der Waals surface area contributed by atoms with Crippen molar-refractivity contribution in [1.82, 2.24) is 9.88 Å². The van der Waals surface area contributed by atoms with Gasteiger partial charge in [0, 0.05) is 30.9 Å². The Balaban J connectivity index is 2.20. The van der Waals surface area contributed by atoms with E-state index in [4.69, 9.17) is 5.11 Å². The number of aromatic nitrogens is 1. The van der Waals surface area contributed by atoms with E-state index in [1.54, 1.807) is 4.90 Å². The summed E-state index contributed by atoms with van der Waals surface area (Å²) in [6.45, 7) is 5.06. The van der Waals surface area contributed by atoms with Crippen LogP contribution in [0.4, 0.5) is 0 Å². The zero-order chi connectivity index (χ0) is 12.4. The van der Waals surface area contributed by atoms with Gasteiger partial charge in [0.25, 0.3) is 0 Å². The molecule has 1 N–H and O–H groups in total. The van der Waals surface area contributed by atoms with E-state index in [0.717, 1.165) is 23.4 Å². The number of hydrogen-bond acceptors (Lipinski definition) is 3. The molecule has 0 unspecified atom stereocenters. The third-order valence-corrected chi connectivity index (χ3v) is 3.15. The van der Waals surface area contributed by atoms with Crippen molar-refractivity contribution in [1.29, 1.82) is 0 Å². The molecule has 0 aliphatic carbocycles. The zero-order valence-corrected chi connectivity index (χ0v) is 10.3. The smallest absolute Gasteiger partial charge is 0.248 e. The van der Waals surface area contributed by atoms with Crippen LogP contribution in [0.5, 0.6) is 0 Å². The molecule has 2 rings (SSSR count). The SMILES string of the molecule is CC(C)c1ccc2c(n1)CCN(C(=O)CO)C2. The second-order valence-corrected chi connectivity index (χ2v) is 4.72. The molecular weight excluding hydrogens is 216 g/mol. The van der Waals surface area contributed by atoms with Gasteiger partial charge in [0.1, 0.15) is 6.61 Å². The molecule has 0 aromatic carbocycles. The second-order valence-electron chi connectivity index (χ2n) is 4.72. The van der Waals surface area contributed by atoms with Crippen molar-refractivity contribution in [2.45, 2.75) is 32.7 Å². The lowest BCUT2D eigenvalue weighted by atomic mass is 10.0. The summed E-state index contributed by atoms with van der Waals surface area (Å²) in [6, 6.07) is 4.07. The molecule has 0 fully saturated rings. The summed E-state index contributed by atoms with van der Waals surface area (Å²) in [5.74, 6) is 0.223. The number of rotatable bonds is 2. The molecule has 1 aromatic rings. The van der Waals surface area contributed by atoms with Gasteiger partial charge in [-0.15, -0.1) is 0 Å². The first-order valence-corrected chi connectivity index (χ1v) is 5.99. The van der Waals surface area contributed by atoms with Gasteiger partial charge in [-0.25, -0.2) is 0 Å².